The molecule has 1 unspecified atom stereocenters. The molecule has 1 aliphatic heterocycles. The molecule has 1 aromatic rings. The topological polar surface area (TPSA) is 50.3 Å². The van der Waals surface area contributed by atoms with Crippen LogP contribution in [0.2, 0.25) is 5.15 Å². The first-order valence-corrected chi connectivity index (χ1v) is 9.54. The van der Waals surface area contributed by atoms with Crippen molar-refractivity contribution >= 4 is 21.6 Å². The van der Waals surface area contributed by atoms with Crippen molar-refractivity contribution in [2.75, 3.05) is 6.54 Å². The standard InChI is InChI=1S/C15H21ClN2O2S/c16-15-11-13(8-9-17-15)21(19,20)18-10-4-7-14(18)12-5-2-1-3-6-12/h8-9,11-12,14H,1-7,10H2. The van der Waals surface area contributed by atoms with E-state index in [1.165, 1.54) is 37.6 Å². The Morgan fingerprint density at radius 3 is 2.62 bits per heavy atom. The molecule has 1 saturated carbocycles. The maximum atomic E-state index is 12.9. The van der Waals surface area contributed by atoms with Gasteiger partial charge in [-0.15, -0.1) is 0 Å². The Morgan fingerprint density at radius 1 is 1.14 bits per heavy atom. The van der Waals surface area contributed by atoms with E-state index in [0.717, 1.165) is 25.7 Å². The van der Waals surface area contributed by atoms with Crippen LogP contribution >= 0.6 is 11.6 Å². The van der Waals surface area contributed by atoms with E-state index in [-0.39, 0.29) is 16.1 Å². The van der Waals surface area contributed by atoms with Crippen LogP contribution in [0, 0.1) is 5.92 Å². The van der Waals surface area contributed by atoms with Crippen LogP contribution < -0.4 is 0 Å². The van der Waals surface area contributed by atoms with Crippen molar-refractivity contribution < 1.29 is 8.42 Å². The van der Waals surface area contributed by atoms with E-state index in [2.05, 4.69) is 4.98 Å². The van der Waals surface area contributed by atoms with Gasteiger partial charge >= 0.3 is 0 Å². The van der Waals surface area contributed by atoms with Gasteiger partial charge < -0.3 is 0 Å². The predicted molar refractivity (Wildman–Crippen MR) is 82.7 cm³/mol. The summed E-state index contributed by atoms with van der Waals surface area (Å²) in [4.78, 5) is 4.14. The van der Waals surface area contributed by atoms with Crippen molar-refractivity contribution in [3.63, 3.8) is 0 Å². The number of hydrogen-bond acceptors (Lipinski definition) is 3. The highest BCUT2D eigenvalue weighted by Crippen LogP contribution is 2.37. The number of nitrogens with zero attached hydrogens (tertiary/aromatic N) is 2. The van der Waals surface area contributed by atoms with Gasteiger partial charge in [0.25, 0.3) is 0 Å². The van der Waals surface area contributed by atoms with Crippen molar-refractivity contribution in [2.45, 2.75) is 55.9 Å². The number of rotatable bonds is 3. The van der Waals surface area contributed by atoms with Crippen molar-refractivity contribution in [3.05, 3.63) is 23.5 Å². The Kier molecular flexibility index (Phi) is 4.52. The van der Waals surface area contributed by atoms with E-state index in [4.69, 9.17) is 11.6 Å². The molecule has 0 amide bonds. The fourth-order valence-corrected chi connectivity index (χ4v) is 5.74. The minimum Gasteiger partial charge on any atom is -0.244 e. The van der Waals surface area contributed by atoms with Crippen molar-refractivity contribution in [1.82, 2.24) is 9.29 Å². The molecule has 116 valence electrons. The molecule has 21 heavy (non-hydrogen) atoms. The molecule has 0 bridgehead atoms. The third kappa shape index (κ3) is 3.10. The smallest absolute Gasteiger partial charge is 0.243 e. The Morgan fingerprint density at radius 2 is 1.90 bits per heavy atom. The van der Waals surface area contributed by atoms with Gasteiger partial charge in [-0.2, -0.15) is 4.31 Å². The highest BCUT2D eigenvalue weighted by Gasteiger charge is 2.39. The zero-order valence-electron chi connectivity index (χ0n) is 12.0. The number of halogens is 1. The molecular formula is C15H21ClN2O2S. The maximum absolute atomic E-state index is 12.9. The minimum absolute atomic E-state index is 0.169. The van der Waals surface area contributed by atoms with Gasteiger partial charge in [-0.25, -0.2) is 13.4 Å². The van der Waals surface area contributed by atoms with E-state index in [9.17, 15) is 8.42 Å². The normalized spacial score (nSPS) is 25.3. The molecule has 0 N–H and O–H groups in total. The summed E-state index contributed by atoms with van der Waals surface area (Å²) in [5, 5.41) is 0.226. The van der Waals surface area contributed by atoms with Crippen LogP contribution in [0.15, 0.2) is 23.2 Å². The summed E-state index contributed by atoms with van der Waals surface area (Å²) in [6, 6.07) is 3.16. The first kappa shape index (κ1) is 15.3. The first-order chi connectivity index (χ1) is 10.1. The quantitative estimate of drug-likeness (QED) is 0.798. The van der Waals surface area contributed by atoms with E-state index in [1.807, 2.05) is 0 Å². The number of hydrogen-bond donors (Lipinski definition) is 0. The lowest BCUT2D eigenvalue weighted by atomic mass is 9.83. The Hall–Kier alpha value is -0.650. The lowest BCUT2D eigenvalue weighted by molar-refractivity contribution is 0.226. The predicted octanol–water partition coefficient (Wildman–Crippen LogP) is 3.47. The van der Waals surface area contributed by atoms with Gasteiger partial charge in [0.1, 0.15) is 5.15 Å². The van der Waals surface area contributed by atoms with Crippen molar-refractivity contribution in [3.8, 4) is 0 Å². The number of aromatic nitrogens is 1. The fourth-order valence-electron chi connectivity index (χ4n) is 3.73. The Bertz CT molecular complexity index is 599. The zero-order chi connectivity index (χ0) is 14.9. The second-order valence-electron chi connectivity index (χ2n) is 6.04. The molecule has 3 rings (SSSR count). The third-order valence-electron chi connectivity index (χ3n) is 4.75. The van der Waals surface area contributed by atoms with Gasteiger partial charge in [0.2, 0.25) is 10.0 Å². The van der Waals surface area contributed by atoms with E-state index >= 15 is 0 Å². The monoisotopic (exact) mass is 328 g/mol. The molecule has 4 nitrogen and oxygen atoms in total. The molecule has 1 saturated heterocycles. The van der Waals surface area contributed by atoms with Crippen LogP contribution in [0.5, 0.6) is 0 Å². The highest BCUT2D eigenvalue weighted by atomic mass is 35.5. The number of sulfonamides is 1. The van der Waals surface area contributed by atoms with Crippen LogP contribution in [0.1, 0.15) is 44.9 Å². The fraction of sp³-hybridized carbons (Fsp3) is 0.667. The van der Waals surface area contributed by atoms with Crippen LogP contribution in [-0.4, -0.2) is 30.3 Å². The van der Waals surface area contributed by atoms with Gasteiger partial charge in [0.05, 0.1) is 4.90 Å². The average Bonchev–Trinajstić information content (AvgIpc) is 2.98. The molecule has 1 aromatic heterocycles. The SMILES string of the molecule is O=S(=O)(c1ccnc(Cl)c1)N1CCCC1C1CCCCC1. The maximum Gasteiger partial charge on any atom is 0.243 e. The van der Waals surface area contributed by atoms with Crippen LogP contribution in [0.25, 0.3) is 0 Å². The molecule has 0 radical (unpaired) electrons. The molecule has 1 aliphatic carbocycles. The second kappa shape index (κ2) is 6.23. The van der Waals surface area contributed by atoms with Gasteiger partial charge in [-0.1, -0.05) is 30.9 Å². The van der Waals surface area contributed by atoms with Crippen LogP contribution in [-0.2, 0) is 10.0 Å². The molecule has 2 heterocycles. The summed E-state index contributed by atoms with van der Waals surface area (Å²) < 4.78 is 27.5. The molecule has 1 atom stereocenters. The first-order valence-electron chi connectivity index (χ1n) is 7.72. The van der Waals surface area contributed by atoms with Gasteiger partial charge in [0.15, 0.2) is 0 Å². The van der Waals surface area contributed by atoms with Gasteiger partial charge in [0, 0.05) is 18.8 Å². The van der Waals surface area contributed by atoms with Crippen LogP contribution in [0.4, 0.5) is 0 Å². The highest BCUT2D eigenvalue weighted by molar-refractivity contribution is 7.89. The minimum atomic E-state index is -3.45. The van der Waals surface area contributed by atoms with Crippen LogP contribution in [0.3, 0.4) is 0 Å². The number of pyridine rings is 1. The lowest BCUT2D eigenvalue weighted by Crippen LogP contribution is -2.40. The summed E-state index contributed by atoms with van der Waals surface area (Å²) in [6.45, 7) is 0.628. The molecule has 0 aromatic carbocycles. The average molecular weight is 329 g/mol. The van der Waals surface area contributed by atoms with Crippen molar-refractivity contribution in [1.29, 1.82) is 0 Å². The summed E-state index contributed by atoms with van der Waals surface area (Å²) in [7, 11) is -3.45. The largest absolute Gasteiger partial charge is 0.244 e. The lowest BCUT2D eigenvalue weighted by Gasteiger charge is -2.33. The molecule has 0 spiro atoms. The van der Waals surface area contributed by atoms with E-state index in [1.54, 1.807) is 4.31 Å². The zero-order valence-corrected chi connectivity index (χ0v) is 13.6. The van der Waals surface area contributed by atoms with Crippen molar-refractivity contribution in [2.24, 2.45) is 5.92 Å². The van der Waals surface area contributed by atoms with E-state index in [0.29, 0.717) is 12.5 Å². The third-order valence-corrected chi connectivity index (χ3v) is 6.87. The summed E-state index contributed by atoms with van der Waals surface area (Å²) >= 11 is 5.85. The molecule has 2 fully saturated rings. The van der Waals surface area contributed by atoms with Gasteiger partial charge in [-0.05, 0) is 43.7 Å². The summed E-state index contributed by atoms with van der Waals surface area (Å²) in [5.74, 6) is 0.522. The van der Waals surface area contributed by atoms with E-state index < -0.39 is 10.0 Å². The summed E-state index contributed by atoms with van der Waals surface area (Å²) in [6.07, 6.45) is 9.48. The second-order valence-corrected chi connectivity index (χ2v) is 8.32. The Labute approximate surface area is 131 Å². The summed E-state index contributed by atoms with van der Waals surface area (Å²) in [5.41, 5.74) is 0. The van der Waals surface area contributed by atoms with Gasteiger partial charge in [-0.3, -0.25) is 0 Å². The molecule has 6 heteroatoms. The molecule has 2 aliphatic rings. The Balaban J connectivity index is 1.86. The molecular weight excluding hydrogens is 308 g/mol.